The Bertz CT molecular complexity index is 408. The summed E-state index contributed by atoms with van der Waals surface area (Å²) in [6.45, 7) is 8.15. The average molecular weight is 276 g/mol. The minimum absolute atomic E-state index is 0.324. The van der Waals surface area contributed by atoms with Crippen LogP contribution in [0.5, 0.6) is 0 Å². The van der Waals surface area contributed by atoms with Gasteiger partial charge in [-0.15, -0.1) is 0 Å². The average Bonchev–Trinajstić information content (AvgIpc) is 2.53. The molecular formula is C18H28O2. The van der Waals surface area contributed by atoms with Crippen LogP contribution in [0.1, 0.15) is 62.0 Å². The van der Waals surface area contributed by atoms with E-state index in [1.165, 1.54) is 22.3 Å². The summed E-state index contributed by atoms with van der Waals surface area (Å²) < 4.78 is 5.42. The van der Waals surface area contributed by atoms with Crippen LogP contribution in [0.4, 0.5) is 0 Å². The number of aliphatic hydroxyl groups is 1. The Morgan fingerprint density at radius 1 is 1.05 bits per heavy atom. The smallest absolute Gasteiger partial charge is 0.0825 e. The van der Waals surface area contributed by atoms with Gasteiger partial charge in [-0.2, -0.15) is 0 Å². The van der Waals surface area contributed by atoms with Gasteiger partial charge in [0.15, 0.2) is 0 Å². The lowest BCUT2D eigenvalue weighted by Gasteiger charge is -2.30. The van der Waals surface area contributed by atoms with Crippen LogP contribution in [-0.4, -0.2) is 18.3 Å². The van der Waals surface area contributed by atoms with Crippen LogP contribution in [0, 0.1) is 5.92 Å². The quantitative estimate of drug-likeness (QED) is 0.885. The largest absolute Gasteiger partial charge is 0.388 e. The van der Waals surface area contributed by atoms with Gasteiger partial charge in [-0.3, -0.25) is 0 Å². The molecule has 1 unspecified atom stereocenters. The van der Waals surface area contributed by atoms with Crippen LogP contribution >= 0.6 is 0 Å². The summed E-state index contributed by atoms with van der Waals surface area (Å²) in [6.07, 6.45) is 4.68. The predicted octanol–water partition coefficient (Wildman–Crippen LogP) is 3.83. The van der Waals surface area contributed by atoms with Gasteiger partial charge in [0.25, 0.3) is 0 Å². The third kappa shape index (κ3) is 3.24. The fourth-order valence-corrected chi connectivity index (χ4v) is 3.29. The summed E-state index contributed by atoms with van der Waals surface area (Å²) in [5.74, 6) is 0.354. The fourth-order valence-electron chi connectivity index (χ4n) is 3.29. The highest BCUT2D eigenvalue weighted by molar-refractivity contribution is 5.41. The summed E-state index contributed by atoms with van der Waals surface area (Å²) in [4.78, 5) is 0. The minimum atomic E-state index is -0.324. The molecule has 1 aliphatic rings. The molecule has 0 saturated carbocycles. The first-order chi connectivity index (χ1) is 9.71. The second kappa shape index (κ2) is 7.24. The van der Waals surface area contributed by atoms with E-state index in [4.69, 9.17) is 4.74 Å². The zero-order chi connectivity index (χ0) is 14.5. The maximum absolute atomic E-state index is 10.9. The molecule has 0 aliphatic carbocycles. The van der Waals surface area contributed by atoms with Crippen molar-refractivity contribution in [3.05, 3.63) is 34.4 Å². The Morgan fingerprint density at radius 2 is 1.60 bits per heavy atom. The highest BCUT2D eigenvalue weighted by Crippen LogP contribution is 2.35. The third-order valence-corrected chi connectivity index (χ3v) is 4.59. The molecule has 0 amide bonds. The number of aryl methyl sites for hydroxylation is 3. The lowest BCUT2D eigenvalue weighted by molar-refractivity contribution is 0.00657. The van der Waals surface area contributed by atoms with E-state index in [2.05, 4.69) is 32.9 Å². The van der Waals surface area contributed by atoms with E-state index >= 15 is 0 Å². The summed E-state index contributed by atoms with van der Waals surface area (Å²) in [7, 11) is 0. The van der Waals surface area contributed by atoms with Crippen molar-refractivity contribution in [1.82, 2.24) is 0 Å². The van der Waals surface area contributed by atoms with Gasteiger partial charge in [0.05, 0.1) is 6.10 Å². The topological polar surface area (TPSA) is 29.5 Å². The van der Waals surface area contributed by atoms with Crippen LogP contribution in [0.2, 0.25) is 0 Å². The molecule has 112 valence electrons. The monoisotopic (exact) mass is 276 g/mol. The summed E-state index contributed by atoms with van der Waals surface area (Å²) in [5, 5.41) is 10.9. The molecular weight excluding hydrogens is 248 g/mol. The van der Waals surface area contributed by atoms with E-state index in [-0.39, 0.29) is 6.10 Å². The standard InChI is InChI=1S/C18H28O2/c1-4-13-11-14(5-2)17(15(6-3)12-13)18(19)16-7-9-20-10-8-16/h11-12,16,18-19H,4-10H2,1-3H3. The van der Waals surface area contributed by atoms with Gasteiger partial charge in [0.2, 0.25) is 0 Å². The molecule has 1 aliphatic heterocycles. The normalized spacial score (nSPS) is 18.2. The van der Waals surface area contributed by atoms with Gasteiger partial charge in [-0.25, -0.2) is 0 Å². The second-order valence-electron chi connectivity index (χ2n) is 5.78. The summed E-state index contributed by atoms with van der Waals surface area (Å²) >= 11 is 0. The molecule has 1 aromatic carbocycles. The van der Waals surface area contributed by atoms with Crippen molar-refractivity contribution in [2.24, 2.45) is 5.92 Å². The van der Waals surface area contributed by atoms with Crippen molar-refractivity contribution in [2.45, 2.75) is 59.0 Å². The van der Waals surface area contributed by atoms with Gasteiger partial charge < -0.3 is 9.84 Å². The van der Waals surface area contributed by atoms with E-state index in [1.54, 1.807) is 0 Å². The van der Waals surface area contributed by atoms with Crippen molar-refractivity contribution >= 4 is 0 Å². The molecule has 2 rings (SSSR count). The van der Waals surface area contributed by atoms with Gasteiger partial charge in [-0.1, -0.05) is 32.9 Å². The van der Waals surface area contributed by atoms with Crippen LogP contribution in [-0.2, 0) is 24.0 Å². The van der Waals surface area contributed by atoms with E-state index in [9.17, 15) is 5.11 Å². The van der Waals surface area contributed by atoms with Gasteiger partial charge >= 0.3 is 0 Å². The zero-order valence-electron chi connectivity index (χ0n) is 13.1. The predicted molar refractivity (Wildman–Crippen MR) is 83.1 cm³/mol. The van der Waals surface area contributed by atoms with Gasteiger partial charge in [-0.05, 0) is 60.3 Å². The molecule has 20 heavy (non-hydrogen) atoms. The van der Waals surface area contributed by atoms with Crippen molar-refractivity contribution in [1.29, 1.82) is 0 Å². The molecule has 1 N–H and O–H groups in total. The molecule has 0 radical (unpaired) electrons. The van der Waals surface area contributed by atoms with E-state index in [1.807, 2.05) is 0 Å². The van der Waals surface area contributed by atoms with Crippen molar-refractivity contribution in [3.63, 3.8) is 0 Å². The van der Waals surface area contributed by atoms with Crippen molar-refractivity contribution < 1.29 is 9.84 Å². The van der Waals surface area contributed by atoms with Crippen molar-refractivity contribution in [2.75, 3.05) is 13.2 Å². The van der Waals surface area contributed by atoms with E-state index < -0.39 is 0 Å². The Balaban J connectivity index is 2.36. The van der Waals surface area contributed by atoms with Crippen LogP contribution < -0.4 is 0 Å². The molecule has 1 aromatic rings. The Labute approximate surface area is 123 Å². The molecule has 0 spiro atoms. The summed E-state index contributed by atoms with van der Waals surface area (Å²) in [6, 6.07) is 4.58. The number of hydrogen-bond donors (Lipinski definition) is 1. The minimum Gasteiger partial charge on any atom is -0.388 e. The van der Waals surface area contributed by atoms with E-state index in [0.29, 0.717) is 5.92 Å². The number of benzene rings is 1. The first-order valence-electron chi connectivity index (χ1n) is 8.11. The molecule has 1 saturated heterocycles. The molecule has 0 aromatic heterocycles. The Morgan fingerprint density at radius 3 is 2.05 bits per heavy atom. The summed E-state index contributed by atoms with van der Waals surface area (Å²) in [5.41, 5.74) is 5.26. The Kier molecular flexibility index (Phi) is 5.62. The number of aliphatic hydroxyl groups excluding tert-OH is 1. The highest BCUT2D eigenvalue weighted by Gasteiger charge is 2.26. The fraction of sp³-hybridized carbons (Fsp3) is 0.667. The van der Waals surface area contributed by atoms with Crippen LogP contribution in [0.3, 0.4) is 0 Å². The zero-order valence-corrected chi connectivity index (χ0v) is 13.1. The second-order valence-corrected chi connectivity index (χ2v) is 5.78. The molecule has 0 bridgehead atoms. The van der Waals surface area contributed by atoms with Crippen molar-refractivity contribution in [3.8, 4) is 0 Å². The number of hydrogen-bond acceptors (Lipinski definition) is 2. The maximum Gasteiger partial charge on any atom is 0.0825 e. The van der Waals surface area contributed by atoms with Gasteiger partial charge in [0.1, 0.15) is 0 Å². The number of ether oxygens (including phenoxy) is 1. The van der Waals surface area contributed by atoms with Crippen LogP contribution in [0.15, 0.2) is 12.1 Å². The van der Waals surface area contributed by atoms with Gasteiger partial charge in [0, 0.05) is 13.2 Å². The maximum atomic E-state index is 10.9. The molecule has 1 heterocycles. The third-order valence-electron chi connectivity index (χ3n) is 4.59. The first kappa shape index (κ1) is 15.5. The SMILES string of the molecule is CCc1cc(CC)c(C(O)C2CCOCC2)c(CC)c1. The molecule has 2 heteroatoms. The van der Waals surface area contributed by atoms with E-state index in [0.717, 1.165) is 45.3 Å². The Hall–Kier alpha value is -0.860. The number of rotatable bonds is 5. The molecule has 1 atom stereocenters. The molecule has 1 fully saturated rings. The lowest BCUT2D eigenvalue weighted by Crippen LogP contribution is -2.23. The first-order valence-corrected chi connectivity index (χ1v) is 8.11. The molecule has 2 nitrogen and oxygen atoms in total. The van der Waals surface area contributed by atoms with Crippen LogP contribution in [0.25, 0.3) is 0 Å². The highest BCUT2D eigenvalue weighted by atomic mass is 16.5. The lowest BCUT2D eigenvalue weighted by atomic mass is 9.82.